The molecule has 0 amide bonds. The summed E-state index contributed by atoms with van der Waals surface area (Å²) in [6, 6.07) is 16.6. The van der Waals surface area contributed by atoms with E-state index in [1.54, 1.807) is 27.7 Å². The lowest BCUT2D eigenvalue weighted by Gasteiger charge is -2.41. The van der Waals surface area contributed by atoms with Crippen molar-refractivity contribution < 1.29 is 28.5 Å². The first kappa shape index (κ1) is 30.0. The summed E-state index contributed by atoms with van der Waals surface area (Å²) in [5.74, 6) is 1.36. The number of hydrogen-bond acceptors (Lipinski definition) is 6. The lowest BCUT2D eigenvalue weighted by atomic mass is 9.63. The van der Waals surface area contributed by atoms with Crippen molar-refractivity contribution in [3.63, 3.8) is 0 Å². The second kappa shape index (κ2) is 13.5. The van der Waals surface area contributed by atoms with Gasteiger partial charge < -0.3 is 18.9 Å². The minimum absolute atomic E-state index is 0.0851. The summed E-state index contributed by atoms with van der Waals surface area (Å²) < 4.78 is 22.4. The van der Waals surface area contributed by atoms with Gasteiger partial charge in [0.05, 0.1) is 0 Å². The van der Waals surface area contributed by atoms with Gasteiger partial charge in [0.15, 0.2) is 0 Å². The van der Waals surface area contributed by atoms with Crippen molar-refractivity contribution >= 4 is 11.9 Å². The molecule has 1 fully saturated rings. The molecule has 2 unspecified atom stereocenters. The first-order valence-electron chi connectivity index (χ1n) is 13.7. The number of carbonyl (C=O) groups excluding carboxylic acids is 2. The summed E-state index contributed by atoms with van der Waals surface area (Å²) in [6.07, 6.45) is 3.71. The van der Waals surface area contributed by atoms with E-state index in [-0.39, 0.29) is 30.8 Å². The molecular formula is C33H42O6. The average Bonchev–Trinajstić information content (AvgIpc) is 2.92. The highest BCUT2D eigenvalue weighted by Crippen LogP contribution is 2.47. The summed E-state index contributed by atoms with van der Waals surface area (Å²) in [5.41, 5.74) is 3.18. The van der Waals surface area contributed by atoms with Crippen LogP contribution in [0, 0.1) is 5.92 Å². The zero-order valence-electron chi connectivity index (χ0n) is 24.0. The maximum absolute atomic E-state index is 11.7. The Kier molecular flexibility index (Phi) is 10.4. The second-order valence-corrected chi connectivity index (χ2v) is 10.9. The molecule has 39 heavy (non-hydrogen) atoms. The van der Waals surface area contributed by atoms with E-state index in [4.69, 9.17) is 18.9 Å². The van der Waals surface area contributed by atoms with E-state index in [1.165, 1.54) is 11.1 Å². The largest absolute Gasteiger partial charge is 0.490 e. The Morgan fingerprint density at radius 3 is 1.46 bits per heavy atom. The van der Waals surface area contributed by atoms with Crippen LogP contribution in [0.15, 0.2) is 72.8 Å². The fraction of sp³-hybridized carbons (Fsp3) is 0.455. The van der Waals surface area contributed by atoms with Crippen LogP contribution < -0.4 is 9.47 Å². The van der Waals surface area contributed by atoms with Gasteiger partial charge in [0.2, 0.25) is 0 Å². The van der Waals surface area contributed by atoms with Crippen molar-refractivity contribution in [3.05, 3.63) is 84.0 Å². The summed E-state index contributed by atoms with van der Waals surface area (Å²) in [7, 11) is 0. The Bertz CT molecular complexity index is 1060. The lowest BCUT2D eigenvalue weighted by molar-refractivity contribution is -0.145. The maximum Gasteiger partial charge on any atom is 0.333 e. The fourth-order valence-corrected chi connectivity index (χ4v) is 4.80. The Morgan fingerprint density at radius 1 is 0.769 bits per heavy atom. The van der Waals surface area contributed by atoms with Crippen LogP contribution in [0.1, 0.15) is 71.4 Å². The van der Waals surface area contributed by atoms with Crippen molar-refractivity contribution in [3.8, 4) is 11.5 Å². The molecule has 210 valence electrons. The predicted octanol–water partition coefficient (Wildman–Crippen LogP) is 6.96. The summed E-state index contributed by atoms with van der Waals surface area (Å²) in [6.45, 7) is 16.9. The Morgan fingerprint density at radius 2 is 1.13 bits per heavy atom. The van der Waals surface area contributed by atoms with Gasteiger partial charge in [0.25, 0.3) is 0 Å². The molecule has 6 nitrogen and oxygen atoms in total. The highest BCUT2D eigenvalue weighted by atomic mass is 16.6. The fourth-order valence-electron chi connectivity index (χ4n) is 4.80. The van der Waals surface area contributed by atoms with Gasteiger partial charge in [0, 0.05) is 16.6 Å². The molecule has 0 saturated heterocycles. The zero-order valence-corrected chi connectivity index (χ0v) is 24.0. The molecule has 6 heteroatoms. The van der Waals surface area contributed by atoms with E-state index in [1.807, 2.05) is 24.3 Å². The second-order valence-electron chi connectivity index (χ2n) is 10.9. The van der Waals surface area contributed by atoms with Crippen molar-refractivity contribution in [1.82, 2.24) is 0 Å². The van der Waals surface area contributed by atoms with Crippen LogP contribution in [-0.2, 0) is 24.5 Å². The van der Waals surface area contributed by atoms with Crippen molar-refractivity contribution in [1.29, 1.82) is 0 Å². The van der Waals surface area contributed by atoms with Gasteiger partial charge in [-0.05, 0) is 94.7 Å². The van der Waals surface area contributed by atoms with Crippen LogP contribution >= 0.6 is 0 Å². The van der Waals surface area contributed by atoms with E-state index in [0.717, 1.165) is 37.2 Å². The lowest BCUT2D eigenvalue weighted by Crippen LogP contribution is -2.32. The average molecular weight is 535 g/mol. The predicted molar refractivity (Wildman–Crippen MR) is 153 cm³/mol. The standard InChI is InChI=1S/C33H42O6/c1-22(2)31(34)38-25(6)20-36-29-12-8-27(9-13-29)33(18-16-24(5)17-19-33)28-10-14-30(15-11-28)37-21-26(7)39-32(35)23(3)4/h8-15,24-26H,1,3,16-21H2,2,4-7H3. The van der Waals surface area contributed by atoms with Gasteiger partial charge in [0.1, 0.15) is 36.9 Å². The number of hydrogen-bond donors (Lipinski definition) is 0. The minimum Gasteiger partial charge on any atom is -0.490 e. The Balaban J connectivity index is 1.69. The molecular weight excluding hydrogens is 492 g/mol. The monoisotopic (exact) mass is 534 g/mol. The third-order valence-corrected chi connectivity index (χ3v) is 7.22. The molecule has 2 atom stereocenters. The van der Waals surface area contributed by atoms with E-state index >= 15 is 0 Å². The van der Waals surface area contributed by atoms with E-state index < -0.39 is 11.9 Å². The molecule has 0 radical (unpaired) electrons. The molecule has 2 aromatic rings. The van der Waals surface area contributed by atoms with Gasteiger partial charge in [-0.1, -0.05) is 44.3 Å². The number of carbonyl (C=O) groups is 2. The Labute approximate surface area is 233 Å². The van der Waals surface area contributed by atoms with E-state index in [2.05, 4.69) is 44.3 Å². The van der Waals surface area contributed by atoms with Gasteiger partial charge >= 0.3 is 11.9 Å². The van der Waals surface area contributed by atoms with Crippen molar-refractivity contribution in [2.24, 2.45) is 5.92 Å². The van der Waals surface area contributed by atoms with Crippen LogP contribution in [0.3, 0.4) is 0 Å². The van der Waals surface area contributed by atoms with Crippen molar-refractivity contribution in [2.75, 3.05) is 13.2 Å². The molecule has 0 aliphatic heterocycles. The van der Waals surface area contributed by atoms with Crippen LogP contribution in [0.4, 0.5) is 0 Å². The zero-order chi connectivity index (χ0) is 28.6. The molecule has 0 aromatic heterocycles. The molecule has 0 bridgehead atoms. The molecule has 1 aliphatic rings. The van der Waals surface area contributed by atoms with Crippen LogP contribution in [-0.4, -0.2) is 37.4 Å². The number of benzene rings is 2. The minimum atomic E-state index is -0.410. The molecule has 2 aromatic carbocycles. The number of ether oxygens (including phenoxy) is 4. The highest BCUT2D eigenvalue weighted by Gasteiger charge is 2.37. The molecule has 1 saturated carbocycles. The first-order valence-corrected chi connectivity index (χ1v) is 13.7. The van der Waals surface area contributed by atoms with Gasteiger partial charge in [-0.2, -0.15) is 0 Å². The van der Waals surface area contributed by atoms with Crippen LogP contribution in [0.2, 0.25) is 0 Å². The molecule has 0 spiro atoms. The molecule has 1 aliphatic carbocycles. The molecule has 0 N–H and O–H groups in total. The normalized spacial score (nSPS) is 20.3. The summed E-state index contributed by atoms with van der Waals surface area (Å²) >= 11 is 0. The summed E-state index contributed by atoms with van der Waals surface area (Å²) in [5, 5.41) is 0. The van der Waals surface area contributed by atoms with E-state index in [0.29, 0.717) is 17.1 Å². The van der Waals surface area contributed by atoms with Gasteiger partial charge in [-0.3, -0.25) is 0 Å². The van der Waals surface area contributed by atoms with Crippen LogP contribution in [0.5, 0.6) is 11.5 Å². The number of esters is 2. The third-order valence-electron chi connectivity index (χ3n) is 7.22. The van der Waals surface area contributed by atoms with E-state index in [9.17, 15) is 9.59 Å². The topological polar surface area (TPSA) is 71.1 Å². The van der Waals surface area contributed by atoms with Crippen LogP contribution in [0.25, 0.3) is 0 Å². The van der Waals surface area contributed by atoms with Gasteiger partial charge in [-0.25, -0.2) is 9.59 Å². The molecule has 0 heterocycles. The van der Waals surface area contributed by atoms with Crippen molar-refractivity contribution in [2.45, 2.75) is 77.9 Å². The number of rotatable bonds is 12. The Hall–Kier alpha value is -3.54. The quantitative estimate of drug-likeness (QED) is 0.217. The summed E-state index contributed by atoms with van der Waals surface area (Å²) in [4.78, 5) is 23.4. The first-order chi connectivity index (χ1) is 18.5. The highest BCUT2D eigenvalue weighted by molar-refractivity contribution is 5.87. The van der Waals surface area contributed by atoms with Gasteiger partial charge in [-0.15, -0.1) is 0 Å². The SMILES string of the molecule is C=C(C)C(=O)OC(C)COc1ccc(C2(c3ccc(OCC(C)OC(=O)C(=C)C)cc3)CCC(C)CC2)cc1. The molecule has 3 rings (SSSR count). The maximum atomic E-state index is 11.7. The smallest absolute Gasteiger partial charge is 0.333 e. The third kappa shape index (κ3) is 8.22.